The molecule has 21 heavy (non-hydrogen) atoms. The van der Waals surface area contributed by atoms with Gasteiger partial charge in [-0.1, -0.05) is 18.2 Å². The van der Waals surface area contributed by atoms with E-state index >= 15 is 0 Å². The number of nitrogens with one attached hydrogen (secondary N) is 1. The molecule has 3 rings (SSSR count). The Morgan fingerprint density at radius 2 is 2.05 bits per heavy atom. The smallest absolute Gasteiger partial charge is 0.423 e. The third-order valence-corrected chi connectivity index (χ3v) is 3.37. The number of carbonyl (C=O) groups is 1. The molecule has 0 aromatic heterocycles. The van der Waals surface area contributed by atoms with Crippen LogP contribution in [0.25, 0.3) is 0 Å². The lowest BCUT2D eigenvalue weighted by Crippen LogP contribution is -2.28. The summed E-state index contributed by atoms with van der Waals surface area (Å²) in [6.45, 7) is 0.375. The highest BCUT2D eigenvalue weighted by molar-refractivity contribution is 6.61. The zero-order valence-electron chi connectivity index (χ0n) is 11.2. The number of benzene rings is 2. The molecule has 2 aromatic carbocycles. The van der Waals surface area contributed by atoms with Gasteiger partial charge in [0.2, 0.25) is 5.91 Å². The molecule has 0 saturated heterocycles. The third kappa shape index (κ3) is 3.12. The molecule has 0 saturated carbocycles. The molecule has 0 atom stereocenters. The number of hydrogen-bond acceptors (Lipinski definition) is 3. The Hall–Kier alpha value is -2.18. The van der Waals surface area contributed by atoms with Gasteiger partial charge in [-0.05, 0) is 40.9 Å². The summed E-state index contributed by atoms with van der Waals surface area (Å²) in [4.78, 5) is 11.9. The largest absolute Gasteiger partial charge is 0.491 e. The van der Waals surface area contributed by atoms with Crippen LogP contribution in [0.1, 0.15) is 11.1 Å². The summed E-state index contributed by atoms with van der Waals surface area (Å²) < 4.78 is 17.9. The van der Waals surface area contributed by atoms with Crippen LogP contribution < -0.4 is 10.8 Å². The van der Waals surface area contributed by atoms with E-state index in [0.717, 1.165) is 11.1 Å². The summed E-state index contributed by atoms with van der Waals surface area (Å²) in [7, 11) is -0.936. The van der Waals surface area contributed by atoms with Crippen LogP contribution in [0.15, 0.2) is 42.5 Å². The average molecular weight is 285 g/mol. The molecule has 2 aromatic rings. The van der Waals surface area contributed by atoms with Gasteiger partial charge in [0.15, 0.2) is 0 Å². The summed E-state index contributed by atoms with van der Waals surface area (Å²) in [6.07, 6.45) is 0.163. The van der Waals surface area contributed by atoms with Gasteiger partial charge in [0.25, 0.3) is 0 Å². The van der Waals surface area contributed by atoms with Crippen molar-refractivity contribution in [2.24, 2.45) is 0 Å². The monoisotopic (exact) mass is 285 g/mol. The van der Waals surface area contributed by atoms with Crippen LogP contribution >= 0.6 is 0 Å². The van der Waals surface area contributed by atoms with Crippen molar-refractivity contribution < 1.29 is 18.9 Å². The fraction of sp³-hybridized carbons (Fsp3) is 0.133. The highest BCUT2D eigenvalue weighted by Gasteiger charge is 2.27. The number of hydrogen-bond donors (Lipinski definition) is 2. The first-order valence-corrected chi connectivity index (χ1v) is 6.58. The highest BCUT2D eigenvalue weighted by Crippen LogP contribution is 2.15. The lowest BCUT2D eigenvalue weighted by molar-refractivity contribution is -0.115. The minimum absolute atomic E-state index is 0.163. The molecule has 0 unspecified atom stereocenters. The van der Waals surface area contributed by atoms with Crippen LogP contribution in [0, 0.1) is 5.82 Å². The van der Waals surface area contributed by atoms with Gasteiger partial charge in [-0.15, -0.1) is 0 Å². The molecule has 2 N–H and O–H groups in total. The van der Waals surface area contributed by atoms with Crippen LogP contribution in [0.3, 0.4) is 0 Å². The summed E-state index contributed by atoms with van der Waals surface area (Å²) >= 11 is 0. The normalized spacial score (nSPS) is 13.1. The van der Waals surface area contributed by atoms with Crippen LogP contribution in [-0.4, -0.2) is 18.0 Å². The molecule has 4 nitrogen and oxygen atoms in total. The van der Waals surface area contributed by atoms with Gasteiger partial charge < -0.3 is 15.0 Å². The van der Waals surface area contributed by atoms with E-state index in [1.54, 1.807) is 24.3 Å². The van der Waals surface area contributed by atoms with E-state index in [2.05, 4.69) is 5.32 Å². The Morgan fingerprint density at radius 3 is 2.81 bits per heavy atom. The minimum atomic E-state index is -0.936. The molecule has 0 spiro atoms. The Balaban J connectivity index is 1.68. The van der Waals surface area contributed by atoms with Gasteiger partial charge in [-0.25, -0.2) is 4.39 Å². The number of fused-ring (bicyclic) bond motifs is 1. The first-order chi connectivity index (χ1) is 10.1. The zero-order valence-corrected chi connectivity index (χ0v) is 11.2. The lowest BCUT2D eigenvalue weighted by Gasteiger charge is -2.07. The second-order valence-corrected chi connectivity index (χ2v) is 4.93. The maximum Gasteiger partial charge on any atom is 0.491 e. The minimum Gasteiger partial charge on any atom is -0.423 e. The van der Waals surface area contributed by atoms with E-state index < -0.39 is 7.12 Å². The number of amides is 1. The van der Waals surface area contributed by atoms with E-state index in [9.17, 15) is 14.2 Å². The van der Waals surface area contributed by atoms with E-state index in [0.29, 0.717) is 17.8 Å². The standard InChI is InChI=1S/C15H13BFNO3/c17-12-4-1-10(2-5-12)7-15(19)18-13-6-3-11-9-21-16(20)14(11)8-13/h1-6,8,20H,7,9H2,(H,18,19). The van der Waals surface area contributed by atoms with Crippen molar-refractivity contribution >= 4 is 24.2 Å². The number of halogens is 1. The maximum atomic E-state index is 12.8. The predicted molar refractivity (Wildman–Crippen MR) is 77.6 cm³/mol. The van der Waals surface area contributed by atoms with Crippen molar-refractivity contribution in [1.82, 2.24) is 0 Å². The Morgan fingerprint density at radius 1 is 1.29 bits per heavy atom. The molecule has 106 valence electrons. The van der Waals surface area contributed by atoms with Gasteiger partial charge in [0, 0.05) is 5.69 Å². The predicted octanol–water partition coefficient (Wildman–Crippen LogP) is 1.22. The van der Waals surface area contributed by atoms with E-state index in [1.807, 2.05) is 6.07 Å². The molecule has 1 heterocycles. The highest BCUT2D eigenvalue weighted by atomic mass is 19.1. The van der Waals surface area contributed by atoms with E-state index in [1.165, 1.54) is 12.1 Å². The third-order valence-electron chi connectivity index (χ3n) is 3.37. The lowest BCUT2D eigenvalue weighted by atomic mass is 9.79. The summed E-state index contributed by atoms with van der Waals surface area (Å²) in [5.74, 6) is -0.526. The van der Waals surface area contributed by atoms with E-state index in [-0.39, 0.29) is 18.1 Å². The van der Waals surface area contributed by atoms with Crippen LogP contribution in [0.5, 0.6) is 0 Å². The molecule has 0 fully saturated rings. The van der Waals surface area contributed by atoms with Crippen molar-refractivity contribution in [3.63, 3.8) is 0 Å². The number of carbonyl (C=O) groups excluding carboxylic acids is 1. The Bertz CT molecular complexity index is 675. The second kappa shape index (κ2) is 5.67. The molecule has 1 aliphatic rings. The van der Waals surface area contributed by atoms with Crippen LogP contribution in [0.2, 0.25) is 0 Å². The van der Waals surface area contributed by atoms with Crippen molar-refractivity contribution in [2.45, 2.75) is 13.0 Å². The SMILES string of the molecule is O=C(Cc1ccc(F)cc1)Nc1ccc2c(c1)B(O)OC2. The zero-order chi connectivity index (χ0) is 14.8. The van der Waals surface area contributed by atoms with E-state index in [4.69, 9.17) is 4.65 Å². The Labute approximate surface area is 121 Å². The van der Waals surface area contributed by atoms with Gasteiger partial charge in [0.1, 0.15) is 5.82 Å². The second-order valence-electron chi connectivity index (χ2n) is 4.93. The molecule has 0 radical (unpaired) electrons. The maximum absolute atomic E-state index is 12.8. The van der Waals surface area contributed by atoms with Gasteiger partial charge in [-0.2, -0.15) is 0 Å². The quantitative estimate of drug-likeness (QED) is 0.834. The van der Waals surface area contributed by atoms with Crippen molar-refractivity contribution in [3.8, 4) is 0 Å². The first kappa shape index (κ1) is 13.8. The summed E-state index contributed by atoms with van der Waals surface area (Å²) in [5.41, 5.74) is 2.93. The molecular weight excluding hydrogens is 272 g/mol. The average Bonchev–Trinajstić information content (AvgIpc) is 2.83. The molecule has 1 aliphatic heterocycles. The van der Waals surface area contributed by atoms with Gasteiger partial charge in [-0.3, -0.25) is 4.79 Å². The molecular formula is C15H13BFNO3. The number of rotatable bonds is 3. The summed E-state index contributed by atoms with van der Waals surface area (Å²) in [6, 6.07) is 11.1. The van der Waals surface area contributed by atoms with Crippen molar-refractivity contribution in [1.29, 1.82) is 0 Å². The first-order valence-electron chi connectivity index (χ1n) is 6.58. The topological polar surface area (TPSA) is 58.6 Å². The fourth-order valence-electron chi connectivity index (χ4n) is 2.29. The van der Waals surface area contributed by atoms with Crippen molar-refractivity contribution in [2.75, 3.05) is 5.32 Å². The van der Waals surface area contributed by atoms with Crippen molar-refractivity contribution in [3.05, 3.63) is 59.4 Å². The van der Waals surface area contributed by atoms with Crippen LogP contribution in [-0.2, 0) is 22.5 Å². The molecule has 0 bridgehead atoms. The number of anilines is 1. The molecule has 0 aliphatic carbocycles. The van der Waals surface area contributed by atoms with Crippen LogP contribution in [0.4, 0.5) is 10.1 Å². The van der Waals surface area contributed by atoms with Gasteiger partial charge in [0.05, 0.1) is 13.0 Å². The fourth-order valence-corrected chi connectivity index (χ4v) is 2.29. The molecule has 6 heteroatoms. The Kier molecular flexibility index (Phi) is 3.73. The van der Waals surface area contributed by atoms with Gasteiger partial charge >= 0.3 is 7.12 Å². The molecule has 1 amide bonds. The summed E-state index contributed by atoms with van der Waals surface area (Å²) in [5, 5.41) is 12.4.